The molecule has 0 radical (unpaired) electrons. The third kappa shape index (κ3) is 5.05. The number of hydrogen-bond donors (Lipinski definition) is 0. The van der Waals surface area contributed by atoms with Gasteiger partial charge in [0.15, 0.2) is 23.9 Å². The first-order valence-electron chi connectivity index (χ1n) is 9.26. The molecule has 0 aliphatic rings. The molecule has 0 aliphatic carbocycles. The van der Waals surface area contributed by atoms with Crippen molar-refractivity contribution >= 4 is 11.8 Å². The predicted molar refractivity (Wildman–Crippen MR) is 107 cm³/mol. The van der Waals surface area contributed by atoms with Crippen molar-refractivity contribution in [3.63, 3.8) is 0 Å². The average molecular weight is 412 g/mol. The number of ether oxygens (including phenoxy) is 3. The summed E-state index contributed by atoms with van der Waals surface area (Å²) in [7, 11) is 2.97. The summed E-state index contributed by atoms with van der Waals surface area (Å²) in [6.07, 6.45) is 0.307. The number of ketones is 1. The number of Topliss-reactive ketones (excluding diaryl/α,β-unsaturated/α-hetero) is 1. The molecule has 0 N–H and O–H groups in total. The number of benzene rings is 2. The number of furan rings is 1. The van der Waals surface area contributed by atoms with Gasteiger partial charge in [0.25, 0.3) is 0 Å². The van der Waals surface area contributed by atoms with Gasteiger partial charge >= 0.3 is 5.97 Å². The van der Waals surface area contributed by atoms with Crippen LogP contribution in [0.25, 0.3) is 11.3 Å². The summed E-state index contributed by atoms with van der Waals surface area (Å²) in [4.78, 5) is 24.2. The minimum absolute atomic E-state index is 0.0312. The Balaban J connectivity index is 1.51. The number of esters is 1. The van der Waals surface area contributed by atoms with Gasteiger partial charge in [-0.1, -0.05) is 12.1 Å². The Bertz CT molecular complexity index is 1040. The molecule has 0 atom stereocenters. The number of methoxy groups -OCH3 is 2. The molecule has 0 bridgehead atoms. The monoisotopic (exact) mass is 412 g/mol. The molecule has 0 fully saturated rings. The van der Waals surface area contributed by atoms with Crippen LogP contribution in [0.2, 0.25) is 0 Å². The molecule has 0 saturated carbocycles. The Hall–Kier alpha value is -3.61. The first-order valence-corrected chi connectivity index (χ1v) is 9.26. The molecule has 1 heterocycles. The van der Waals surface area contributed by atoms with Gasteiger partial charge in [-0.2, -0.15) is 0 Å². The topological polar surface area (TPSA) is 75.0 Å². The van der Waals surface area contributed by atoms with Gasteiger partial charge in [0, 0.05) is 12.0 Å². The fourth-order valence-corrected chi connectivity index (χ4v) is 2.85. The van der Waals surface area contributed by atoms with Crippen LogP contribution in [0.1, 0.15) is 22.5 Å². The molecule has 0 aliphatic heterocycles. The van der Waals surface area contributed by atoms with Crippen molar-refractivity contribution < 1.29 is 32.6 Å². The summed E-state index contributed by atoms with van der Waals surface area (Å²) in [5.41, 5.74) is 0.702. The van der Waals surface area contributed by atoms with Crippen molar-refractivity contribution in [1.82, 2.24) is 0 Å². The van der Waals surface area contributed by atoms with Crippen molar-refractivity contribution in [1.29, 1.82) is 0 Å². The van der Waals surface area contributed by atoms with E-state index in [2.05, 4.69) is 0 Å². The quantitative estimate of drug-likeness (QED) is 0.382. The highest BCUT2D eigenvalue weighted by Gasteiger charge is 2.14. The molecule has 0 unspecified atom stereocenters. The van der Waals surface area contributed by atoms with Crippen LogP contribution < -0.4 is 9.47 Å². The minimum Gasteiger partial charge on any atom is -0.493 e. The third-order valence-corrected chi connectivity index (χ3v) is 4.45. The maximum Gasteiger partial charge on any atom is 0.306 e. The van der Waals surface area contributed by atoms with Crippen LogP contribution in [-0.4, -0.2) is 32.6 Å². The van der Waals surface area contributed by atoms with Crippen molar-refractivity contribution in [2.24, 2.45) is 0 Å². The fraction of sp³-hybridized carbons (Fsp3) is 0.217. The molecule has 3 rings (SSSR count). The zero-order chi connectivity index (χ0) is 21.5. The van der Waals surface area contributed by atoms with Crippen LogP contribution in [-0.2, 0) is 16.0 Å². The van der Waals surface area contributed by atoms with Crippen molar-refractivity contribution in [3.8, 4) is 22.8 Å². The van der Waals surface area contributed by atoms with E-state index in [-0.39, 0.29) is 31.0 Å². The molecule has 3 aromatic rings. The number of rotatable bonds is 9. The Kier molecular flexibility index (Phi) is 6.85. The van der Waals surface area contributed by atoms with Crippen molar-refractivity contribution in [2.45, 2.75) is 12.8 Å². The summed E-state index contributed by atoms with van der Waals surface area (Å²) >= 11 is 0. The summed E-state index contributed by atoms with van der Waals surface area (Å²) in [5, 5.41) is 0. The molecule has 156 valence electrons. The smallest absolute Gasteiger partial charge is 0.306 e. The Labute approximate surface area is 173 Å². The van der Waals surface area contributed by atoms with Gasteiger partial charge < -0.3 is 18.6 Å². The lowest BCUT2D eigenvalue weighted by Gasteiger charge is -2.09. The van der Waals surface area contributed by atoms with Gasteiger partial charge in [0.2, 0.25) is 0 Å². The van der Waals surface area contributed by atoms with Crippen LogP contribution >= 0.6 is 0 Å². The highest BCUT2D eigenvalue weighted by molar-refractivity contribution is 5.98. The van der Waals surface area contributed by atoms with Crippen LogP contribution in [0.4, 0.5) is 4.39 Å². The third-order valence-electron chi connectivity index (χ3n) is 4.45. The highest BCUT2D eigenvalue weighted by Crippen LogP contribution is 2.28. The first-order chi connectivity index (χ1) is 14.5. The van der Waals surface area contributed by atoms with Crippen LogP contribution in [0.15, 0.2) is 59.0 Å². The first kappa shape index (κ1) is 21.1. The van der Waals surface area contributed by atoms with Gasteiger partial charge in [-0.15, -0.1) is 0 Å². The van der Waals surface area contributed by atoms with Crippen molar-refractivity contribution in [2.75, 3.05) is 20.8 Å². The number of halogens is 1. The SMILES string of the molecule is COc1ccc(C(=O)COC(=O)CCc2ccc(-c3ccccc3F)o2)cc1OC. The van der Waals surface area contributed by atoms with Gasteiger partial charge in [0.05, 0.1) is 26.2 Å². The second-order valence-electron chi connectivity index (χ2n) is 6.40. The molecule has 0 amide bonds. The van der Waals surface area contributed by atoms with Crippen LogP contribution in [0, 0.1) is 5.82 Å². The van der Waals surface area contributed by atoms with Gasteiger partial charge in [0.1, 0.15) is 17.3 Å². The van der Waals surface area contributed by atoms with E-state index in [1.165, 1.54) is 26.4 Å². The Morgan fingerprint density at radius 2 is 1.73 bits per heavy atom. The predicted octanol–water partition coefficient (Wildman–Crippen LogP) is 4.46. The van der Waals surface area contributed by atoms with Crippen LogP contribution in [0.5, 0.6) is 11.5 Å². The second kappa shape index (κ2) is 9.73. The van der Waals surface area contributed by atoms with Gasteiger partial charge in [-0.05, 0) is 42.5 Å². The number of carbonyl (C=O) groups is 2. The lowest BCUT2D eigenvalue weighted by molar-refractivity contribution is -0.142. The van der Waals surface area contributed by atoms with Crippen molar-refractivity contribution in [3.05, 3.63) is 71.7 Å². The molecular formula is C23H21FO6. The van der Waals surface area contributed by atoms with E-state index in [1.54, 1.807) is 42.5 Å². The summed E-state index contributed by atoms with van der Waals surface area (Å²) in [6, 6.07) is 14.3. The molecule has 0 spiro atoms. The zero-order valence-electron chi connectivity index (χ0n) is 16.6. The largest absolute Gasteiger partial charge is 0.493 e. The van der Waals surface area contributed by atoms with E-state index in [9.17, 15) is 14.0 Å². The number of aryl methyl sites for hydroxylation is 1. The van der Waals surface area contributed by atoms with E-state index < -0.39 is 5.97 Å². The fourth-order valence-electron chi connectivity index (χ4n) is 2.85. The summed E-state index contributed by atoms with van der Waals surface area (Å²) in [5.74, 6) is 0.553. The molecule has 0 saturated heterocycles. The average Bonchev–Trinajstić information content (AvgIpc) is 3.24. The van der Waals surface area contributed by atoms with E-state index in [4.69, 9.17) is 18.6 Å². The normalized spacial score (nSPS) is 10.5. The number of carbonyl (C=O) groups excluding carboxylic acids is 2. The number of hydrogen-bond acceptors (Lipinski definition) is 6. The van der Waals surface area contributed by atoms with E-state index >= 15 is 0 Å². The molecule has 30 heavy (non-hydrogen) atoms. The lowest BCUT2D eigenvalue weighted by Crippen LogP contribution is -2.14. The minimum atomic E-state index is -0.535. The van der Waals surface area contributed by atoms with E-state index in [1.807, 2.05) is 0 Å². The maximum absolute atomic E-state index is 13.8. The molecule has 1 aromatic heterocycles. The van der Waals surface area contributed by atoms with Gasteiger partial charge in [-0.3, -0.25) is 9.59 Å². The molecule has 2 aromatic carbocycles. The molecule has 6 nitrogen and oxygen atoms in total. The molecular weight excluding hydrogens is 391 g/mol. The summed E-state index contributed by atoms with van der Waals surface area (Å²) < 4.78 is 34.8. The Morgan fingerprint density at radius 1 is 0.967 bits per heavy atom. The second-order valence-corrected chi connectivity index (χ2v) is 6.40. The van der Waals surface area contributed by atoms with Crippen LogP contribution in [0.3, 0.4) is 0 Å². The van der Waals surface area contributed by atoms with E-state index in [0.717, 1.165) is 0 Å². The summed E-state index contributed by atoms with van der Waals surface area (Å²) in [6.45, 7) is -0.382. The zero-order valence-corrected chi connectivity index (χ0v) is 16.6. The maximum atomic E-state index is 13.8. The van der Waals surface area contributed by atoms with Gasteiger partial charge in [-0.25, -0.2) is 4.39 Å². The van der Waals surface area contributed by atoms with E-state index in [0.29, 0.717) is 34.1 Å². The standard InChI is InChI=1S/C23H21FO6/c1-27-21-10-7-15(13-22(21)28-2)19(25)14-29-23(26)12-9-16-8-11-20(30-16)17-5-3-4-6-18(17)24/h3-8,10-11,13H,9,12,14H2,1-2H3. The Morgan fingerprint density at radius 3 is 2.47 bits per heavy atom. The lowest BCUT2D eigenvalue weighted by atomic mass is 10.1. The molecule has 7 heteroatoms. The highest BCUT2D eigenvalue weighted by atomic mass is 19.1.